The second kappa shape index (κ2) is 5.40. The molecule has 0 atom stereocenters. The predicted molar refractivity (Wildman–Crippen MR) is 73.8 cm³/mol. The molecule has 0 unspecified atom stereocenters. The van der Waals surface area contributed by atoms with Gasteiger partial charge < -0.3 is 15.4 Å². The number of rotatable bonds is 4. The summed E-state index contributed by atoms with van der Waals surface area (Å²) in [5.74, 6) is 2.25. The maximum atomic E-state index is 5.68. The van der Waals surface area contributed by atoms with E-state index in [4.69, 9.17) is 10.5 Å². The normalized spacial score (nSPS) is 10.1. The van der Waals surface area contributed by atoms with Gasteiger partial charge in [0, 0.05) is 13.6 Å². The van der Waals surface area contributed by atoms with E-state index in [0.29, 0.717) is 5.82 Å². The molecule has 0 radical (unpaired) electrons. The van der Waals surface area contributed by atoms with Crippen molar-refractivity contribution in [2.45, 2.75) is 6.54 Å². The first-order valence-corrected chi connectivity index (χ1v) is 5.75. The van der Waals surface area contributed by atoms with Crippen molar-refractivity contribution in [3.8, 4) is 5.75 Å². The van der Waals surface area contributed by atoms with Crippen molar-refractivity contribution in [2.24, 2.45) is 0 Å². The number of anilines is 2. The maximum absolute atomic E-state index is 5.68. The molecule has 0 amide bonds. The Balaban J connectivity index is 2.13. The monoisotopic (exact) mass is 243 g/mol. The molecule has 0 saturated carbocycles. The molecular formula is C14H17N3O. The van der Waals surface area contributed by atoms with Crippen LogP contribution in [0.1, 0.15) is 5.56 Å². The van der Waals surface area contributed by atoms with Gasteiger partial charge in [0.15, 0.2) is 0 Å². The number of nitrogen functional groups attached to an aromatic ring is 1. The summed E-state index contributed by atoms with van der Waals surface area (Å²) in [5, 5.41) is 0. The fraction of sp³-hybridized carbons (Fsp3) is 0.214. The van der Waals surface area contributed by atoms with Crippen LogP contribution in [-0.4, -0.2) is 19.1 Å². The molecule has 94 valence electrons. The summed E-state index contributed by atoms with van der Waals surface area (Å²) in [5.41, 5.74) is 6.85. The molecule has 2 aromatic rings. The van der Waals surface area contributed by atoms with Gasteiger partial charge in [0.25, 0.3) is 0 Å². The van der Waals surface area contributed by atoms with Crippen LogP contribution in [0.2, 0.25) is 0 Å². The Bertz CT molecular complexity index is 528. The summed E-state index contributed by atoms with van der Waals surface area (Å²) in [6.07, 6.45) is 0. The van der Waals surface area contributed by atoms with E-state index >= 15 is 0 Å². The summed E-state index contributed by atoms with van der Waals surface area (Å²) in [6.45, 7) is 0.758. The number of hydrogen-bond acceptors (Lipinski definition) is 4. The van der Waals surface area contributed by atoms with Gasteiger partial charge in [0.1, 0.15) is 17.4 Å². The summed E-state index contributed by atoms with van der Waals surface area (Å²) in [6, 6.07) is 13.6. The van der Waals surface area contributed by atoms with Crippen LogP contribution in [0.4, 0.5) is 11.6 Å². The van der Waals surface area contributed by atoms with E-state index in [1.807, 2.05) is 42.3 Å². The highest BCUT2D eigenvalue weighted by Gasteiger charge is 2.04. The smallest absolute Gasteiger partial charge is 0.130 e. The van der Waals surface area contributed by atoms with Gasteiger partial charge in [-0.15, -0.1) is 0 Å². The molecule has 4 nitrogen and oxygen atoms in total. The molecule has 0 aliphatic rings. The Labute approximate surface area is 107 Å². The lowest BCUT2D eigenvalue weighted by atomic mass is 10.2. The average Bonchev–Trinajstić information content (AvgIpc) is 2.39. The average molecular weight is 243 g/mol. The number of hydrogen-bond donors (Lipinski definition) is 1. The number of ether oxygens (including phenoxy) is 1. The highest BCUT2D eigenvalue weighted by atomic mass is 16.5. The Morgan fingerprint density at radius 1 is 1.22 bits per heavy atom. The van der Waals surface area contributed by atoms with Gasteiger partial charge in [-0.1, -0.05) is 18.2 Å². The van der Waals surface area contributed by atoms with Gasteiger partial charge in [-0.05, 0) is 29.8 Å². The first-order chi connectivity index (χ1) is 8.69. The van der Waals surface area contributed by atoms with Crippen molar-refractivity contribution in [3.05, 3.63) is 48.0 Å². The molecule has 1 heterocycles. The van der Waals surface area contributed by atoms with Crippen LogP contribution >= 0.6 is 0 Å². The Morgan fingerprint density at radius 2 is 2.00 bits per heavy atom. The molecule has 4 heteroatoms. The second-order valence-electron chi connectivity index (χ2n) is 4.13. The van der Waals surface area contributed by atoms with E-state index in [2.05, 4.69) is 11.1 Å². The largest absolute Gasteiger partial charge is 0.497 e. The fourth-order valence-corrected chi connectivity index (χ4v) is 1.78. The number of nitrogens with two attached hydrogens (primary N) is 1. The predicted octanol–water partition coefficient (Wildman–Crippen LogP) is 2.31. The van der Waals surface area contributed by atoms with Crippen molar-refractivity contribution >= 4 is 11.6 Å². The molecule has 0 saturated heterocycles. The van der Waals surface area contributed by atoms with Gasteiger partial charge >= 0.3 is 0 Å². The lowest BCUT2D eigenvalue weighted by molar-refractivity contribution is 0.414. The topological polar surface area (TPSA) is 51.4 Å². The van der Waals surface area contributed by atoms with E-state index in [1.165, 1.54) is 5.56 Å². The van der Waals surface area contributed by atoms with E-state index in [0.717, 1.165) is 18.1 Å². The third-order valence-electron chi connectivity index (χ3n) is 2.70. The third kappa shape index (κ3) is 2.91. The lowest BCUT2D eigenvalue weighted by Crippen LogP contribution is -2.17. The summed E-state index contributed by atoms with van der Waals surface area (Å²) < 4.78 is 5.21. The van der Waals surface area contributed by atoms with Crippen molar-refractivity contribution in [1.82, 2.24) is 4.98 Å². The molecular weight excluding hydrogens is 226 g/mol. The molecule has 2 rings (SSSR count). The van der Waals surface area contributed by atoms with Gasteiger partial charge in [-0.25, -0.2) is 4.98 Å². The standard InChI is InChI=1S/C14H17N3O/c1-17(14-8-4-7-13(15)16-14)10-11-5-3-6-12(9-11)18-2/h3-9H,10H2,1-2H3,(H2,15,16). The van der Waals surface area contributed by atoms with E-state index in [1.54, 1.807) is 13.2 Å². The van der Waals surface area contributed by atoms with Crippen LogP contribution < -0.4 is 15.4 Å². The number of pyridine rings is 1. The lowest BCUT2D eigenvalue weighted by Gasteiger charge is -2.18. The van der Waals surface area contributed by atoms with E-state index in [9.17, 15) is 0 Å². The second-order valence-corrected chi connectivity index (χ2v) is 4.13. The van der Waals surface area contributed by atoms with Crippen molar-refractivity contribution in [2.75, 3.05) is 24.8 Å². The third-order valence-corrected chi connectivity index (χ3v) is 2.70. The van der Waals surface area contributed by atoms with Crippen LogP contribution in [0, 0.1) is 0 Å². The van der Waals surface area contributed by atoms with Crippen molar-refractivity contribution < 1.29 is 4.74 Å². The Hall–Kier alpha value is -2.23. The molecule has 0 aliphatic carbocycles. The summed E-state index contributed by atoms with van der Waals surface area (Å²) in [4.78, 5) is 6.33. The molecule has 18 heavy (non-hydrogen) atoms. The van der Waals surface area contributed by atoms with Crippen molar-refractivity contribution in [1.29, 1.82) is 0 Å². The summed E-state index contributed by atoms with van der Waals surface area (Å²) in [7, 11) is 3.66. The van der Waals surface area contributed by atoms with Crippen LogP contribution in [0.15, 0.2) is 42.5 Å². The molecule has 0 fully saturated rings. The van der Waals surface area contributed by atoms with Gasteiger partial charge in [0.05, 0.1) is 7.11 Å². The van der Waals surface area contributed by atoms with Crippen LogP contribution in [0.3, 0.4) is 0 Å². The van der Waals surface area contributed by atoms with Gasteiger partial charge in [0.2, 0.25) is 0 Å². The Morgan fingerprint density at radius 3 is 2.72 bits per heavy atom. The number of aromatic nitrogens is 1. The maximum Gasteiger partial charge on any atom is 0.130 e. The molecule has 1 aromatic carbocycles. The van der Waals surface area contributed by atoms with E-state index in [-0.39, 0.29) is 0 Å². The fourth-order valence-electron chi connectivity index (χ4n) is 1.78. The zero-order valence-electron chi connectivity index (χ0n) is 10.6. The molecule has 0 spiro atoms. The first-order valence-electron chi connectivity index (χ1n) is 5.75. The zero-order valence-corrected chi connectivity index (χ0v) is 10.6. The van der Waals surface area contributed by atoms with Gasteiger partial charge in [-0.3, -0.25) is 0 Å². The highest BCUT2D eigenvalue weighted by Crippen LogP contribution is 2.17. The number of methoxy groups -OCH3 is 1. The van der Waals surface area contributed by atoms with Crippen LogP contribution in [0.25, 0.3) is 0 Å². The molecule has 0 bridgehead atoms. The quantitative estimate of drug-likeness (QED) is 0.895. The van der Waals surface area contributed by atoms with Crippen LogP contribution in [0.5, 0.6) is 5.75 Å². The minimum Gasteiger partial charge on any atom is -0.497 e. The summed E-state index contributed by atoms with van der Waals surface area (Å²) >= 11 is 0. The van der Waals surface area contributed by atoms with Crippen molar-refractivity contribution in [3.63, 3.8) is 0 Å². The van der Waals surface area contributed by atoms with Gasteiger partial charge in [-0.2, -0.15) is 0 Å². The molecule has 1 aromatic heterocycles. The van der Waals surface area contributed by atoms with E-state index < -0.39 is 0 Å². The highest BCUT2D eigenvalue weighted by molar-refractivity contribution is 5.45. The zero-order chi connectivity index (χ0) is 13.0. The van der Waals surface area contributed by atoms with Crippen LogP contribution in [-0.2, 0) is 6.54 Å². The Kier molecular flexibility index (Phi) is 3.67. The number of benzene rings is 1. The first kappa shape index (κ1) is 12.2. The minimum absolute atomic E-state index is 0.532. The number of nitrogens with zero attached hydrogens (tertiary/aromatic N) is 2. The molecule has 0 aliphatic heterocycles. The molecule has 2 N–H and O–H groups in total. The SMILES string of the molecule is COc1cccc(CN(C)c2cccc(N)n2)c1. The minimum atomic E-state index is 0.532.